The average molecular weight is 361 g/mol. The van der Waals surface area contributed by atoms with E-state index in [1.807, 2.05) is 42.5 Å². The van der Waals surface area contributed by atoms with Crippen molar-refractivity contribution in [2.24, 2.45) is 0 Å². The normalized spacial score (nSPS) is 10.6. The van der Waals surface area contributed by atoms with Gasteiger partial charge in [-0.3, -0.25) is 0 Å². The number of rotatable bonds is 8. The maximum atomic E-state index is 10.9. The van der Waals surface area contributed by atoms with Gasteiger partial charge in [0, 0.05) is 13.1 Å². The van der Waals surface area contributed by atoms with Crippen LogP contribution in [0.4, 0.5) is 0 Å². The highest BCUT2D eigenvalue weighted by atomic mass is 16.5. The van der Waals surface area contributed by atoms with Crippen molar-refractivity contribution in [1.82, 2.24) is 5.32 Å². The Labute approximate surface area is 159 Å². The van der Waals surface area contributed by atoms with E-state index in [0.29, 0.717) is 18.7 Å². The van der Waals surface area contributed by atoms with Crippen molar-refractivity contribution in [1.29, 1.82) is 0 Å². The van der Waals surface area contributed by atoms with E-state index in [9.17, 15) is 4.79 Å². The van der Waals surface area contributed by atoms with Crippen LogP contribution >= 0.6 is 0 Å². The summed E-state index contributed by atoms with van der Waals surface area (Å²) in [6.45, 7) is 4.06. The van der Waals surface area contributed by atoms with Gasteiger partial charge in [-0.25, -0.2) is 4.79 Å². The molecule has 4 nitrogen and oxygen atoms in total. The van der Waals surface area contributed by atoms with Crippen LogP contribution in [0.25, 0.3) is 0 Å². The molecular weight excluding hydrogens is 338 g/mol. The summed E-state index contributed by atoms with van der Waals surface area (Å²) in [5, 5.41) is 12.3. The summed E-state index contributed by atoms with van der Waals surface area (Å²) in [6, 6.07) is 23.3. The number of aromatic carboxylic acids is 1. The monoisotopic (exact) mass is 361 g/mol. The molecule has 0 spiro atoms. The molecule has 27 heavy (non-hydrogen) atoms. The van der Waals surface area contributed by atoms with Crippen LogP contribution in [0.15, 0.2) is 72.8 Å². The maximum Gasteiger partial charge on any atom is 0.335 e. The summed E-state index contributed by atoms with van der Waals surface area (Å²) < 4.78 is 5.84. The third-order valence-corrected chi connectivity index (χ3v) is 4.27. The first kappa shape index (κ1) is 18.7. The zero-order valence-corrected chi connectivity index (χ0v) is 15.3. The van der Waals surface area contributed by atoms with Crippen LogP contribution in [0, 0.1) is 6.92 Å². The lowest BCUT2D eigenvalue weighted by molar-refractivity contribution is 0.0697. The molecule has 0 saturated carbocycles. The third kappa shape index (κ3) is 5.69. The van der Waals surface area contributed by atoms with Gasteiger partial charge in [-0.2, -0.15) is 0 Å². The molecular formula is C23H23NO3. The Balaban J connectivity index is 1.45. The van der Waals surface area contributed by atoms with Crippen LogP contribution in [-0.4, -0.2) is 11.1 Å². The molecule has 0 aromatic heterocycles. The van der Waals surface area contributed by atoms with Crippen molar-refractivity contribution in [2.45, 2.75) is 26.6 Å². The molecule has 0 amide bonds. The number of nitrogens with one attached hydrogen (secondary N) is 1. The summed E-state index contributed by atoms with van der Waals surface area (Å²) in [5.74, 6) is -0.0521. The van der Waals surface area contributed by atoms with E-state index in [-0.39, 0.29) is 0 Å². The molecule has 0 fully saturated rings. The van der Waals surface area contributed by atoms with Gasteiger partial charge in [-0.15, -0.1) is 0 Å². The number of benzene rings is 3. The predicted molar refractivity (Wildman–Crippen MR) is 106 cm³/mol. The van der Waals surface area contributed by atoms with Crippen LogP contribution in [0.5, 0.6) is 5.75 Å². The zero-order valence-electron chi connectivity index (χ0n) is 15.3. The highest BCUT2D eigenvalue weighted by Gasteiger charge is 2.02. The Kier molecular flexibility index (Phi) is 6.23. The summed E-state index contributed by atoms with van der Waals surface area (Å²) >= 11 is 0. The maximum absolute atomic E-state index is 10.9. The second-order valence-corrected chi connectivity index (χ2v) is 6.53. The molecule has 0 radical (unpaired) electrons. The Morgan fingerprint density at radius 2 is 1.52 bits per heavy atom. The molecule has 4 heteroatoms. The number of carboxylic acid groups (broad SMARTS) is 1. The lowest BCUT2D eigenvalue weighted by atomic mass is 10.1. The van der Waals surface area contributed by atoms with Crippen LogP contribution in [0.2, 0.25) is 0 Å². The molecule has 2 N–H and O–H groups in total. The lowest BCUT2D eigenvalue weighted by Gasteiger charge is -2.09. The van der Waals surface area contributed by atoms with Gasteiger partial charge in [0.15, 0.2) is 0 Å². The van der Waals surface area contributed by atoms with Crippen LogP contribution in [0.1, 0.15) is 32.6 Å². The Morgan fingerprint density at radius 3 is 2.11 bits per heavy atom. The molecule has 138 valence electrons. The van der Waals surface area contributed by atoms with Gasteiger partial charge in [0.25, 0.3) is 0 Å². The molecule has 0 aliphatic rings. The van der Waals surface area contributed by atoms with Gasteiger partial charge >= 0.3 is 5.97 Å². The average Bonchev–Trinajstić information content (AvgIpc) is 2.68. The molecule has 3 rings (SSSR count). The van der Waals surface area contributed by atoms with Crippen molar-refractivity contribution in [3.8, 4) is 5.75 Å². The first-order chi connectivity index (χ1) is 13.1. The SMILES string of the molecule is Cc1cccc(COc2ccc(CNCc3ccc(C(=O)O)cc3)cc2)c1. The van der Waals surface area contributed by atoms with E-state index in [1.165, 1.54) is 11.1 Å². The standard InChI is InChI=1S/C23H23NO3/c1-17-3-2-4-20(13-17)16-27-22-11-7-19(8-12-22)15-24-14-18-5-9-21(10-6-18)23(25)26/h2-13,24H,14-16H2,1H3,(H,25,26). The summed E-state index contributed by atoms with van der Waals surface area (Å²) in [7, 11) is 0. The highest BCUT2D eigenvalue weighted by Crippen LogP contribution is 2.15. The van der Waals surface area contributed by atoms with Gasteiger partial charge in [0.1, 0.15) is 12.4 Å². The number of carbonyl (C=O) groups is 1. The molecule has 0 atom stereocenters. The quantitative estimate of drug-likeness (QED) is 0.617. The lowest BCUT2D eigenvalue weighted by Crippen LogP contribution is -2.12. The van der Waals surface area contributed by atoms with Crippen LogP contribution in [-0.2, 0) is 19.7 Å². The van der Waals surface area contributed by atoms with E-state index in [1.54, 1.807) is 12.1 Å². The summed E-state index contributed by atoms with van der Waals surface area (Å²) in [5.41, 5.74) is 4.92. The van der Waals surface area contributed by atoms with Crippen molar-refractivity contribution in [2.75, 3.05) is 0 Å². The highest BCUT2D eigenvalue weighted by molar-refractivity contribution is 5.87. The summed E-state index contributed by atoms with van der Waals surface area (Å²) in [6.07, 6.45) is 0. The Bertz CT molecular complexity index is 886. The number of carboxylic acids is 1. The predicted octanol–water partition coefficient (Wildman–Crippen LogP) is 4.56. The number of hydrogen-bond donors (Lipinski definition) is 2. The number of aryl methyl sites for hydroxylation is 1. The molecule has 0 unspecified atom stereocenters. The second-order valence-electron chi connectivity index (χ2n) is 6.53. The van der Waals surface area contributed by atoms with Crippen molar-refractivity contribution < 1.29 is 14.6 Å². The van der Waals surface area contributed by atoms with Gasteiger partial charge in [-0.1, -0.05) is 54.1 Å². The topological polar surface area (TPSA) is 58.6 Å². The Hall–Kier alpha value is -3.11. The van der Waals surface area contributed by atoms with Gasteiger partial charge in [0.2, 0.25) is 0 Å². The fourth-order valence-corrected chi connectivity index (χ4v) is 2.79. The smallest absolute Gasteiger partial charge is 0.335 e. The minimum Gasteiger partial charge on any atom is -0.489 e. The molecule has 3 aromatic carbocycles. The molecule has 3 aromatic rings. The van der Waals surface area contributed by atoms with Gasteiger partial charge in [-0.05, 0) is 47.9 Å². The third-order valence-electron chi connectivity index (χ3n) is 4.27. The van der Waals surface area contributed by atoms with E-state index >= 15 is 0 Å². The summed E-state index contributed by atoms with van der Waals surface area (Å²) in [4.78, 5) is 10.9. The fraction of sp³-hybridized carbons (Fsp3) is 0.174. The molecule has 0 aliphatic carbocycles. The van der Waals surface area contributed by atoms with Crippen LogP contribution in [0.3, 0.4) is 0 Å². The van der Waals surface area contributed by atoms with Crippen molar-refractivity contribution >= 4 is 5.97 Å². The first-order valence-corrected chi connectivity index (χ1v) is 8.90. The van der Waals surface area contributed by atoms with Gasteiger partial charge in [0.05, 0.1) is 5.56 Å². The molecule has 0 bridgehead atoms. The van der Waals surface area contributed by atoms with E-state index in [2.05, 4.69) is 30.4 Å². The minimum atomic E-state index is -0.904. The largest absolute Gasteiger partial charge is 0.489 e. The first-order valence-electron chi connectivity index (χ1n) is 8.90. The molecule has 0 saturated heterocycles. The minimum absolute atomic E-state index is 0.306. The second kappa shape index (κ2) is 9.01. The van der Waals surface area contributed by atoms with Crippen molar-refractivity contribution in [3.05, 3.63) is 101 Å². The van der Waals surface area contributed by atoms with Gasteiger partial charge < -0.3 is 15.2 Å². The van der Waals surface area contributed by atoms with E-state index < -0.39 is 5.97 Å². The fourth-order valence-electron chi connectivity index (χ4n) is 2.79. The Morgan fingerprint density at radius 1 is 0.889 bits per heavy atom. The van der Waals surface area contributed by atoms with E-state index in [0.717, 1.165) is 23.4 Å². The number of hydrogen-bond acceptors (Lipinski definition) is 3. The molecule has 0 aliphatic heterocycles. The zero-order chi connectivity index (χ0) is 19.1. The molecule has 0 heterocycles. The van der Waals surface area contributed by atoms with E-state index in [4.69, 9.17) is 9.84 Å². The number of ether oxygens (including phenoxy) is 1. The van der Waals surface area contributed by atoms with Crippen molar-refractivity contribution in [3.63, 3.8) is 0 Å². The van der Waals surface area contributed by atoms with Crippen LogP contribution < -0.4 is 10.1 Å².